The summed E-state index contributed by atoms with van der Waals surface area (Å²) < 4.78 is 0. The van der Waals surface area contributed by atoms with E-state index in [1.807, 2.05) is 0 Å². The highest BCUT2D eigenvalue weighted by Crippen LogP contribution is 1.71. The van der Waals surface area contributed by atoms with Crippen LogP contribution in [0.2, 0.25) is 0 Å². The quantitative estimate of drug-likeness (QED) is 0.317. The SMILES string of the molecule is C#CC#CC#CC#CC#CC#CC#CC#CC#CC#CC#CC#CC#CC#CC#CC#CC#CC#CC#CC#CC#CC#CC#CC#CC#CC#CC#CC#CC#CC#CC#CC#CC#CC#CC#CC#CC#CC#CC#CC#CC#CC#CC#CC#CC#CC#CC#CC#CC#CC#CC#CC#CC#CC#CC#CC#CC#CC#CC#CC#CC#CC#CC#CC#CC#CC#CC#CC. The fourth-order valence-corrected chi connectivity index (χ4v) is 4.13. The third-order valence-corrected chi connectivity index (χ3v) is 8.32. The molecule has 0 fully saturated rings. The molecule has 0 amide bonds. The lowest BCUT2D eigenvalue weighted by molar-refractivity contribution is 1.92. The first-order valence-corrected chi connectivity index (χ1v) is 33.8. The molecule has 0 nitrogen and oxygen atoms in total. The van der Waals surface area contributed by atoms with E-state index < -0.39 is 0 Å². The average molecular weight is 1630 g/mol. The van der Waals surface area contributed by atoms with Gasteiger partial charge in [-0.2, -0.15) is 0 Å². The van der Waals surface area contributed by atoms with Crippen molar-refractivity contribution < 1.29 is 0 Å². The monoisotopic (exact) mass is 1620 g/mol. The summed E-state index contributed by atoms with van der Waals surface area (Å²) in [5.74, 6) is 332. The van der Waals surface area contributed by atoms with E-state index in [4.69, 9.17) is 6.42 Å². The molecule has 0 aromatic heterocycles. The number of terminal acetylenes is 1. The highest BCUT2D eigenvalue weighted by atomic mass is 13.7. The Morgan fingerprint density at radius 1 is 0.0593 bits per heavy atom. The molecule has 0 rings (SSSR count). The molecule has 0 aromatic carbocycles. The van der Waals surface area contributed by atoms with Crippen LogP contribution in [0.1, 0.15) is 6.92 Å². The van der Waals surface area contributed by atoms with E-state index >= 15 is 0 Å². The van der Waals surface area contributed by atoms with Gasteiger partial charge >= 0.3 is 0 Å². The van der Waals surface area contributed by atoms with Crippen LogP contribution < -0.4 is 0 Å². The molecule has 0 spiro atoms. The van der Waals surface area contributed by atoms with Gasteiger partial charge in [0.1, 0.15) is 0 Å². The van der Waals surface area contributed by atoms with E-state index in [2.05, 4.69) is 787 Å². The third-order valence-electron chi connectivity index (χ3n) is 8.32. The molecule has 0 saturated heterocycles. The van der Waals surface area contributed by atoms with Crippen LogP contribution in [-0.2, 0) is 0 Å². The highest BCUT2D eigenvalue weighted by Gasteiger charge is 1.71. The standard InChI is InChI=1S/C135H4/c1-3-5-7-9-11-13-15-17-19-21-23-25-27-29-31-33-35-37-39-41-43-45-47-49-51-53-55-57-59-61-63-65-67-69-71-73-75-77-79-81-83-85-87-89-91-93-95-97-99-101-103-105-107-109-111-113-115-117-119-121-123-125-127-129-131-133-135-134-132-130-128-126-124-122-120-118-116-114-112-110-108-106-104-102-100-98-96-94-92-90-88-86-84-82-80-78-76-74-72-70-68-66-64-62-60-58-56-54-52-50-48-46-44-42-40-38-36-34-32-30-28-26-24-22-20-18-16-14-12-10-8-6-4-2/h1H,2H3. The van der Waals surface area contributed by atoms with Crippen molar-refractivity contribution in [2.45, 2.75) is 6.92 Å². The molecular formula is C135H4. The Labute approximate surface area is 795 Å². The van der Waals surface area contributed by atoms with Crippen molar-refractivity contribution in [2.24, 2.45) is 0 Å². The van der Waals surface area contributed by atoms with Crippen LogP contribution in [0.15, 0.2) is 0 Å². The smallest absolute Gasteiger partial charge is 0 e. The van der Waals surface area contributed by atoms with E-state index in [0.717, 1.165) is 0 Å². The van der Waals surface area contributed by atoms with Gasteiger partial charge < -0.3 is 0 Å². The van der Waals surface area contributed by atoms with Gasteiger partial charge in [0.2, 0.25) is 0 Å². The Morgan fingerprint density at radius 3 is 0.133 bits per heavy atom. The van der Waals surface area contributed by atoms with Gasteiger partial charge in [0, 0.05) is 687 Å². The van der Waals surface area contributed by atoms with Crippen molar-refractivity contribution in [3.05, 3.63) is 0 Å². The van der Waals surface area contributed by atoms with Gasteiger partial charge in [0.25, 0.3) is 0 Å². The van der Waals surface area contributed by atoms with Crippen molar-refractivity contribution in [3.63, 3.8) is 0 Å². The molecule has 0 aliphatic rings. The van der Waals surface area contributed by atoms with E-state index in [1.165, 1.54) is 0 Å². The third kappa shape index (κ3) is 105. The predicted octanol–water partition coefficient (Wildman–Crippen LogP) is 0.864. The first-order valence-electron chi connectivity index (χ1n) is 33.8. The number of hydrogen-bond acceptors (Lipinski definition) is 0. The van der Waals surface area contributed by atoms with Crippen molar-refractivity contribution in [1.29, 1.82) is 0 Å². The van der Waals surface area contributed by atoms with Gasteiger partial charge in [-0.3, -0.25) is 0 Å². The van der Waals surface area contributed by atoms with Crippen LogP contribution in [0.5, 0.6) is 0 Å². The summed E-state index contributed by atoms with van der Waals surface area (Å²) in [6.07, 6.45) is 4.96. The largest absolute Gasteiger partial charge is 0.106 e. The lowest BCUT2D eigenvalue weighted by Crippen LogP contribution is -1.57. The van der Waals surface area contributed by atoms with Gasteiger partial charge in [0.15, 0.2) is 0 Å². The minimum absolute atomic E-state index is 1.68. The van der Waals surface area contributed by atoms with Gasteiger partial charge in [0.05, 0.1) is 0 Å². The molecule has 0 bridgehead atoms. The van der Waals surface area contributed by atoms with Gasteiger partial charge in [-0.1, -0.05) is 5.92 Å². The Balaban J connectivity index is 4.66. The van der Waals surface area contributed by atoms with Gasteiger partial charge in [-0.15, -0.1) is 6.42 Å². The molecule has 0 aliphatic carbocycles. The Bertz CT molecular complexity index is 9360. The summed E-state index contributed by atoms with van der Waals surface area (Å²) in [7, 11) is 0. The lowest BCUT2D eigenvalue weighted by Gasteiger charge is -1.58. The Kier molecular flexibility index (Phi) is 81.7. The second kappa shape index (κ2) is 105. The molecule has 0 atom stereocenters. The molecule has 0 unspecified atom stereocenters. The molecule has 0 heterocycles. The zero-order chi connectivity index (χ0) is 96.0. The summed E-state index contributed by atoms with van der Waals surface area (Å²) in [5, 5.41) is 0. The molecule has 0 radical (unpaired) electrons. The van der Waals surface area contributed by atoms with Crippen LogP contribution in [0.25, 0.3) is 0 Å². The van der Waals surface area contributed by atoms with E-state index in [1.54, 1.807) is 6.92 Å². The van der Waals surface area contributed by atoms with E-state index in [9.17, 15) is 0 Å². The normalized spacial score (nSPS) is 3.97. The van der Waals surface area contributed by atoms with E-state index in [0.29, 0.717) is 0 Å². The minimum Gasteiger partial charge on any atom is -0.106 e. The molecule has 0 N–H and O–H groups in total. The van der Waals surface area contributed by atoms with Crippen LogP contribution in [0.3, 0.4) is 0 Å². The van der Waals surface area contributed by atoms with Crippen molar-refractivity contribution >= 4 is 0 Å². The van der Waals surface area contributed by atoms with E-state index in [-0.39, 0.29) is 0 Å². The maximum Gasteiger partial charge on any atom is 0 e. The molecule has 0 aromatic rings. The maximum atomic E-state index is 4.96. The lowest BCUT2D eigenvalue weighted by atomic mass is 10.4. The van der Waals surface area contributed by atoms with Crippen LogP contribution >= 0.6 is 0 Å². The van der Waals surface area contributed by atoms with Crippen LogP contribution in [0, 0.1) is 794 Å². The predicted molar refractivity (Wildman–Crippen MR) is 528 cm³/mol. The first-order chi connectivity index (χ1) is 67.4. The van der Waals surface area contributed by atoms with Crippen LogP contribution in [0.4, 0.5) is 0 Å². The summed E-state index contributed by atoms with van der Waals surface area (Å²) in [5.41, 5.74) is 0. The summed E-state index contributed by atoms with van der Waals surface area (Å²) >= 11 is 0. The average Bonchev–Trinajstić information content (AvgIpc) is 1.14. The molecule has 135 heavy (non-hydrogen) atoms. The number of hydrogen-bond donors (Lipinski definition) is 0. The summed E-state index contributed by atoms with van der Waals surface area (Å²) in [4.78, 5) is 0. The first kappa shape index (κ1) is 106. The van der Waals surface area contributed by atoms with Crippen molar-refractivity contribution in [2.75, 3.05) is 0 Å². The van der Waals surface area contributed by atoms with Gasteiger partial charge in [-0.05, 0) is 102 Å². The maximum absolute atomic E-state index is 4.96. The second-order valence-electron chi connectivity index (χ2n) is 16.8. The molecular weight excluding hydrogens is 1620 g/mol. The summed E-state index contributed by atoms with van der Waals surface area (Å²) in [6, 6.07) is 0. The minimum atomic E-state index is 1.68. The molecule has 0 heteroatoms. The second-order valence-corrected chi connectivity index (χ2v) is 16.8. The molecule has 0 saturated carbocycles. The zero-order valence-electron chi connectivity index (χ0n) is 68.1. The number of rotatable bonds is 0. The Morgan fingerprint density at radius 2 is 0.0963 bits per heavy atom. The Hall–Kier alpha value is -29.5. The van der Waals surface area contributed by atoms with Crippen molar-refractivity contribution in [1.82, 2.24) is 0 Å². The fourth-order valence-electron chi connectivity index (χ4n) is 4.13. The topological polar surface area (TPSA) is 0 Å². The van der Waals surface area contributed by atoms with Crippen LogP contribution in [-0.4, -0.2) is 0 Å². The summed E-state index contributed by atoms with van der Waals surface area (Å²) in [6.45, 7) is 1.68. The molecule has 544 valence electrons. The fraction of sp³-hybridized carbons (Fsp3) is 0.00741. The zero-order valence-corrected chi connectivity index (χ0v) is 68.1. The van der Waals surface area contributed by atoms with Gasteiger partial charge in [-0.25, -0.2) is 0 Å². The highest BCUT2D eigenvalue weighted by molar-refractivity contribution is 5.59. The van der Waals surface area contributed by atoms with Crippen molar-refractivity contribution in [3.8, 4) is 794 Å². The molecule has 0 aliphatic heterocycles.